The zero-order chi connectivity index (χ0) is 18.2. The molecular weight excluding hydrogens is 364 g/mol. The minimum Gasteiger partial charge on any atom is -0.356 e. The van der Waals surface area contributed by atoms with Crippen LogP contribution in [0.3, 0.4) is 0 Å². The summed E-state index contributed by atoms with van der Waals surface area (Å²) in [4.78, 5) is 20.0. The minimum atomic E-state index is 0.0403. The molecule has 1 aromatic carbocycles. The first-order chi connectivity index (χ1) is 13.3. The van der Waals surface area contributed by atoms with Crippen LogP contribution in [0.25, 0.3) is 21.7 Å². The van der Waals surface area contributed by atoms with Gasteiger partial charge in [-0.25, -0.2) is 0 Å². The van der Waals surface area contributed by atoms with Gasteiger partial charge in [0.15, 0.2) is 11.4 Å². The molecule has 0 saturated carbocycles. The Hall–Kier alpha value is -3.00. The third-order valence-corrected chi connectivity index (χ3v) is 5.71. The summed E-state index contributed by atoms with van der Waals surface area (Å²) in [5.41, 5.74) is 1.38. The van der Waals surface area contributed by atoms with Gasteiger partial charge in [0.05, 0.1) is 11.3 Å². The lowest BCUT2D eigenvalue weighted by Crippen LogP contribution is -2.30. The maximum Gasteiger partial charge on any atom is 0.267 e. The molecule has 4 aromatic rings. The van der Waals surface area contributed by atoms with E-state index in [1.165, 1.54) is 0 Å². The van der Waals surface area contributed by atoms with E-state index >= 15 is 0 Å². The third kappa shape index (κ3) is 3.02. The quantitative estimate of drug-likeness (QED) is 0.539. The number of fused-ring (bicyclic) bond motifs is 1. The number of aromatic nitrogens is 3. The van der Waals surface area contributed by atoms with Crippen LogP contribution in [-0.2, 0) is 11.2 Å². The van der Waals surface area contributed by atoms with Crippen molar-refractivity contribution >= 4 is 28.2 Å². The molecule has 1 aliphatic rings. The molecular formula is C19H16N4O3S. The lowest BCUT2D eigenvalue weighted by Gasteiger charge is -2.15. The van der Waals surface area contributed by atoms with Crippen LogP contribution in [0.4, 0.5) is 0 Å². The lowest BCUT2D eigenvalue weighted by atomic mass is 10.1. The van der Waals surface area contributed by atoms with E-state index in [9.17, 15) is 4.79 Å². The Morgan fingerprint density at radius 3 is 3.00 bits per heavy atom. The maximum atomic E-state index is 12.7. The fraction of sp³-hybridized carbons (Fsp3) is 0.263. The van der Waals surface area contributed by atoms with Crippen LogP contribution < -0.4 is 0 Å². The number of carbonyl (C=O) groups is 1. The maximum absolute atomic E-state index is 12.7. The summed E-state index contributed by atoms with van der Waals surface area (Å²) in [6, 6.07) is 11.5. The molecule has 136 valence electrons. The van der Waals surface area contributed by atoms with Gasteiger partial charge in [0.25, 0.3) is 5.89 Å². The van der Waals surface area contributed by atoms with Gasteiger partial charge in [0.2, 0.25) is 5.91 Å². The van der Waals surface area contributed by atoms with Crippen molar-refractivity contribution in [2.75, 3.05) is 13.1 Å². The Kier molecular flexibility index (Phi) is 3.97. The lowest BCUT2D eigenvalue weighted by molar-refractivity contribution is -0.129. The van der Waals surface area contributed by atoms with Crippen LogP contribution >= 0.6 is 11.3 Å². The van der Waals surface area contributed by atoms with E-state index in [0.29, 0.717) is 36.1 Å². The van der Waals surface area contributed by atoms with Gasteiger partial charge in [-0.2, -0.15) is 4.98 Å². The Morgan fingerprint density at radius 1 is 1.19 bits per heavy atom. The van der Waals surface area contributed by atoms with Crippen LogP contribution in [0.2, 0.25) is 0 Å². The van der Waals surface area contributed by atoms with Crippen molar-refractivity contribution in [1.29, 1.82) is 0 Å². The number of hydrogen-bond donors (Lipinski definition) is 0. The van der Waals surface area contributed by atoms with Gasteiger partial charge in [0, 0.05) is 24.4 Å². The van der Waals surface area contributed by atoms with Gasteiger partial charge in [-0.05, 0) is 30.0 Å². The molecule has 5 rings (SSSR count). The van der Waals surface area contributed by atoms with Crippen LogP contribution in [0.15, 0.2) is 50.8 Å². The summed E-state index contributed by atoms with van der Waals surface area (Å²) in [7, 11) is 0. The Labute approximate surface area is 158 Å². The molecule has 8 heteroatoms. The molecule has 3 aromatic heterocycles. The largest absolute Gasteiger partial charge is 0.356 e. The molecule has 0 bridgehead atoms. The zero-order valence-electron chi connectivity index (χ0n) is 14.4. The van der Waals surface area contributed by atoms with Gasteiger partial charge in [-0.15, -0.1) is 11.3 Å². The monoisotopic (exact) mass is 380 g/mol. The predicted octanol–water partition coefficient (Wildman–Crippen LogP) is 3.50. The highest BCUT2D eigenvalue weighted by atomic mass is 32.1. The first kappa shape index (κ1) is 16.2. The highest BCUT2D eigenvalue weighted by Crippen LogP contribution is 2.29. The van der Waals surface area contributed by atoms with Gasteiger partial charge in [-0.1, -0.05) is 28.5 Å². The van der Waals surface area contributed by atoms with Crippen LogP contribution in [0.5, 0.6) is 0 Å². The number of para-hydroxylation sites is 1. The van der Waals surface area contributed by atoms with E-state index in [2.05, 4.69) is 15.3 Å². The summed E-state index contributed by atoms with van der Waals surface area (Å²) in [5.74, 6) is 1.35. The summed E-state index contributed by atoms with van der Waals surface area (Å²) in [5, 5.41) is 11.0. The molecule has 7 nitrogen and oxygen atoms in total. The fourth-order valence-electron chi connectivity index (χ4n) is 3.42. The predicted molar refractivity (Wildman–Crippen MR) is 99.3 cm³/mol. The van der Waals surface area contributed by atoms with Crippen molar-refractivity contribution < 1.29 is 13.8 Å². The Morgan fingerprint density at radius 2 is 2.11 bits per heavy atom. The van der Waals surface area contributed by atoms with Crippen LogP contribution in [-0.4, -0.2) is 39.2 Å². The van der Waals surface area contributed by atoms with Crippen LogP contribution in [0, 0.1) is 0 Å². The number of hydrogen-bond acceptors (Lipinski definition) is 7. The highest BCUT2D eigenvalue weighted by molar-refractivity contribution is 7.13. The van der Waals surface area contributed by atoms with E-state index in [4.69, 9.17) is 9.05 Å². The molecule has 1 amide bonds. The molecule has 0 aliphatic carbocycles. The molecule has 0 radical (unpaired) electrons. The number of benzene rings is 1. The topological polar surface area (TPSA) is 85.3 Å². The van der Waals surface area contributed by atoms with E-state index in [1.807, 2.05) is 46.7 Å². The average Bonchev–Trinajstić information content (AvgIpc) is 3.47. The summed E-state index contributed by atoms with van der Waals surface area (Å²) in [6.07, 6.45) is 1.06. The minimum absolute atomic E-state index is 0.0403. The zero-order valence-corrected chi connectivity index (χ0v) is 15.2. The number of likely N-dealkylation sites (tertiary alicyclic amines) is 1. The molecule has 0 N–H and O–H groups in total. The second kappa shape index (κ2) is 6.62. The molecule has 0 spiro atoms. The molecule has 27 heavy (non-hydrogen) atoms. The number of rotatable bonds is 4. The van der Waals surface area contributed by atoms with Crippen LogP contribution in [0.1, 0.15) is 23.9 Å². The van der Waals surface area contributed by atoms with Gasteiger partial charge in [0.1, 0.15) is 5.69 Å². The van der Waals surface area contributed by atoms with E-state index in [0.717, 1.165) is 16.7 Å². The highest BCUT2D eigenvalue weighted by Gasteiger charge is 2.31. The van der Waals surface area contributed by atoms with Gasteiger partial charge in [-0.3, -0.25) is 4.79 Å². The summed E-state index contributed by atoms with van der Waals surface area (Å²) in [6.45, 7) is 1.28. The number of nitrogens with zero attached hydrogens (tertiary/aromatic N) is 4. The standard InChI is InChI=1S/C19H16N4O3S/c24-17(10-14-13-4-1-2-5-15(13)25-21-14)23-8-7-12(11-23)18-20-19(26-22-18)16-6-3-9-27-16/h1-6,9,12H,7-8,10-11H2. The van der Waals surface area contributed by atoms with E-state index in [1.54, 1.807) is 11.3 Å². The molecule has 4 heterocycles. The summed E-state index contributed by atoms with van der Waals surface area (Å²) < 4.78 is 10.7. The number of amides is 1. The third-order valence-electron chi connectivity index (χ3n) is 4.85. The summed E-state index contributed by atoms with van der Waals surface area (Å²) >= 11 is 1.56. The fourth-order valence-corrected chi connectivity index (χ4v) is 4.06. The molecule has 1 unspecified atom stereocenters. The molecule has 1 aliphatic heterocycles. The number of carbonyl (C=O) groups excluding carboxylic acids is 1. The SMILES string of the molecule is O=C(Cc1noc2ccccc12)N1CCC(c2noc(-c3cccs3)n2)C1. The van der Waals surface area contributed by atoms with Crippen molar-refractivity contribution in [3.63, 3.8) is 0 Å². The first-order valence-corrected chi connectivity index (χ1v) is 9.64. The molecule has 1 saturated heterocycles. The van der Waals surface area contributed by atoms with E-state index < -0.39 is 0 Å². The molecule has 1 atom stereocenters. The van der Waals surface area contributed by atoms with E-state index in [-0.39, 0.29) is 18.2 Å². The first-order valence-electron chi connectivity index (χ1n) is 8.76. The Bertz CT molecular complexity index is 1090. The van der Waals surface area contributed by atoms with Gasteiger partial charge >= 0.3 is 0 Å². The second-order valence-corrected chi connectivity index (χ2v) is 7.51. The van der Waals surface area contributed by atoms with Crippen molar-refractivity contribution in [3.8, 4) is 10.8 Å². The van der Waals surface area contributed by atoms with Gasteiger partial charge < -0.3 is 13.9 Å². The second-order valence-electron chi connectivity index (χ2n) is 6.56. The Balaban J connectivity index is 1.27. The van der Waals surface area contributed by atoms with Crippen molar-refractivity contribution in [1.82, 2.24) is 20.2 Å². The van der Waals surface area contributed by atoms with Crippen molar-refractivity contribution in [2.45, 2.75) is 18.8 Å². The van der Waals surface area contributed by atoms with Crippen molar-refractivity contribution in [3.05, 3.63) is 53.3 Å². The normalized spacial score (nSPS) is 17.0. The average molecular weight is 380 g/mol. The smallest absolute Gasteiger partial charge is 0.267 e. The number of thiophene rings is 1. The van der Waals surface area contributed by atoms with Crippen molar-refractivity contribution in [2.24, 2.45) is 0 Å². The molecule has 1 fully saturated rings.